The van der Waals surface area contributed by atoms with Gasteiger partial charge in [-0.1, -0.05) is 64.1 Å². The number of benzene rings is 2. The van der Waals surface area contributed by atoms with Crippen LogP contribution in [-0.4, -0.2) is 95.1 Å². The Bertz CT molecular complexity index is 2390. The second kappa shape index (κ2) is 18.2. The van der Waals surface area contributed by atoms with E-state index in [2.05, 4.69) is 63.4 Å². The number of aromatic amines is 1. The number of anilines is 1. The number of aromatic nitrogens is 2. The summed E-state index contributed by atoms with van der Waals surface area (Å²) in [7, 11) is 2.56. The van der Waals surface area contributed by atoms with E-state index < -0.39 is 30.3 Å². The number of imidazole rings is 1. The van der Waals surface area contributed by atoms with E-state index in [9.17, 15) is 24.0 Å². The zero-order valence-electron chi connectivity index (χ0n) is 37.2. The maximum absolute atomic E-state index is 13.9. The third-order valence-electron chi connectivity index (χ3n) is 13.6. The van der Waals surface area contributed by atoms with Crippen molar-refractivity contribution >= 4 is 46.9 Å². The van der Waals surface area contributed by atoms with E-state index in [0.717, 1.165) is 58.7 Å². The fraction of sp³-hybridized carbons (Fsp3) is 0.500. The zero-order valence-corrected chi connectivity index (χ0v) is 38.0. The number of hydrogen-bond donors (Lipinski definition) is 4. The van der Waals surface area contributed by atoms with Crippen LogP contribution in [0.4, 0.5) is 15.3 Å². The standard InChI is InChI=1S/C48H59N7O7S/c1-25(2)39(52-47(59)61-6)45(57)54-20-8-10-36(54)43-49-24-35(50-43)28-14-16-29(17-15-28)42-38-32-19-18-30(32)22-33(38)41(63-42)31-13-12-27(5)34(23-31)51-44(56)37-11-9-21-55(37)46(58)40(26(3)4)53-48(60)62-7/h12-17,23-26,30,32,36-37,39-40H,8-11,18-22H2,1-7H3,(H,49,50)(H,51,56)(H,52,59)(H,53,60)/t30?,32?,36-,37-,39-,40-/m0/s1. The smallest absolute Gasteiger partial charge is 0.407 e. The molecule has 14 nitrogen and oxygen atoms in total. The molecule has 0 spiro atoms. The Morgan fingerprint density at radius 1 is 0.778 bits per heavy atom. The number of aryl methyl sites for hydroxylation is 1. The summed E-state index contributed by atoms with van der Waals surface area (Å²) in [6, 6.07) is 12.6. The lowest BCUT2D eigenvalue weighted by atomic mass is 9.74. The Morgan fingerprint density at radius 2 is 1.40 bits per heavy atom. The first-order chi connectivity index (χ1) is 30.3. The molecule has 4 aromatic rings. The number of rotatable bonds is 12. The van der Waals surface area contributed by atoms with Gasteiger partial charge in [0.1, 0.15) is 23.9 Å². The van der Waals surface area contributed by atoms with Crippen molar-refractivity contribution in [2.75, 3.05) is 32.6 Å². The van der Waals surface area contributed by atoms with Gasteiger partial charge >= 0.3 is 12.2 Å². The average molecular weight is 878 g/mol. The Morgan fingerprint density at radius 3 is 2.03 bits per heavy atom. The number of H-pyrrole nitrogens is 1. The van der Waals surface area contributed by atoms with Gasteiger partial charge in [-0.05, 0) is 115 Å². The summed E-state index contributed by atoms with van der Waals surface area (Å²) >= 11 is 1.82. The molecule has 2 aromatic carbocycles. The third-order valence-corrected chi connectivity index (χ3v) is 14.9. The van der Waals surface area contributed by atoms with Gasteiger partial charge in [0.2, 0.25) is 17.7 Å². The molecule has 4 heterocycles. The minimum atomic E-state index is -0.801. The van der Waals surface area contributed by atoms with Crippen LogP contribution in [-0.2, 0) is 30.3 Å². The first kappa shape index (κ1) is 43.9. The van der Waals surface area contributed by atoms with Crippen molar-refractivity contribution in [1.82, 2.24) is 30.4 Å². The van der Waals surface area contributed by atoms with Gasteiger partial charge in [-0.15, -0.1) is 11.3 Å². The number of fused-ring (bicyclic) bond motifs is 3. The predicted molar refractivity (Wildman–Crippen MR) is 242 cm³/mol. The lowest BCUT2D eigenvalue weighted by Crippen LogP contribution is -2.54. The molecule has 0 radical (unpaired) electrons. The SMILES string of the molecule is COC(=O)N[C@H](C(=O)N1CCC[C@H]1C(=O)Nc1cc(-c2sc(-c3ccc(-c4cnc([C@@H]5CCCN5C(=O)[C@@H](NC(=O)OC)C(C)C)[nH]4)cc3)c3c2CC2CCC32)ccc1C)C(C)C. The number of thiophene rings is 1. The number of hydrogen-bond acceptors (Lipinski definition) is 9. The summed E-state index contributed by atoms with van der Waals surface area (Å²) in [6.07, 6.45) is 6.85. The van der Waals surface area contributed by atoms with Gasteiger partial charge in [0.15, 0.2) is 0 Å². The highest BCUT2D eigenvalue weighted by atomic mass is 32.1. The molecule has 15 heteroatoms. The predicted octanol–water partition coefficient (Wildman–Crippen LogP) is 8.18. The van der Waals surface area contributed by atoms with Crippen LogP contribution in [0.1, 0.15) is 101 Å². The molecule has 2 aromatic heterocycles. The average Bonchev–Trinajstić information content (AvgIpc) is 4.12. The van der Waals surface area contributed by atoms with E-state index in [1.807, 2.05) is 57.1 Å². The Kier molecular flexibility index (Phi) is 12.7. The third kappa shape index (κ3) is 8.55. The monoisotopic (exact) mass is 877 g/mol. The van der Waals surface area contributed by atoms with Crippen LogP contribution in [0, 0.1) is 24.7 Å². The van der Waals surface area contributed by atoms with Crippen LogP contribution in [0.2, 0.25) is 0 Å². The van der Waals surface area contributed by atoms with Crippen LogP contribution in [0.25, 0.3) is 32.1 Å². The summed E-state index contributed by atoms with van der Waals surface area (Å²) in [5, 5.41) is 8.56. The summed E-state index contributed by atoms with van der Waals surface area (Å²) in [5.74, 6) is 0.967. The normalized spacial score (nSPS) is 21.1. The Labute approximate surface area is 372 Å². The lowest BCUT2D eigenvalue weighted by Gasteiger charge is -2.31. The van der Waals surface area contributed by atoms with Crippen LogP contribution < -0.4 is 16.0 Å². The van der Waals surface area contributed by atoms with Crippen molar-refractivity contribution in [2.24, 2.45) is 17.8 Å². The molecule has 3 fully saturated rings. The summed E-state index contributed by atoms with van der Waals surface area (Å²) < 4.78 is 9.56. The summed E-state index contributed by atoms with van der Waals surface area (Å²) in [4.78, 5) is 79.6. The molecule has 2 aliphatic heterocycles. The number of amides is 5. The number of carbonyl (C=O) groups is 5. The van der Waals surface area contributed by atoms with E-state index in [1.54, 1.807) is 4.90 Å². The molecule has 2 aliphatic carbocycles. The molecule has 4 N–H and O–H groups in total. The molecule has 0 bridgehead atoms. The fourth-order valence-electron chi connectivity index (χ4n) is 9.92. The minimum Gasteiger partial charge on any atom is -0.453 e. The highest BCUT2D eigenvalue weighted by Crippen LogP contribution is 2.59. The van der Waals surface area contributed by atoms with E-state index in [1.165, 1.54) is 47.9 Å². The van der Waals surface area contributed by atoms with Crippen molar-refractivity contribution < 1.29 is 33.4 Å². The molecule has 2 unspecified atom stereocenters. The second-order valence-electron chi connectivity index (χ2n) is 18.2. The minimum absolute atomic E-state index is 0.113. The summed E-state index contributed by atoms with van der Waals surface area (Å²) in [6.45, 7) is 10.5. The van der Waals surface area contributed by atoms with Gasteiger partial charge < -0.3 is 40.2 Å². The van der Waals surface area contributed by atoms with Crippen molar-refractivity contribution in [3.8, 4) is 32.1 Å². The number of methoxy groups -OCH3 is 2. The quantitative estimate of drug-likeness (QED) is 0.110. The first-order valence-corrected chi connectivity index (χ1v) is 23.1. The number of carbonyl (C=O) groups excluding carboxylic acids is 5. The van der Waals surface area contributed by atoms with E-state index in [-0.39, 0.29) is 35.6 Å². The number of likely N-dealkylation sites (tertiary alicyclic amines) is 2. The number of alkyl carbamates (subject to hydrolysis) is 2. The lowest BCUT2D eigenvalue weighted by molar-refractivity contribution is -0.139. The maximum Gasteiger partial charge on any atom is 0.407 e. The maximum atomic E-state index is 13.9. The van der Waals surface area contributed by atoms with Crippen molar-refractivity contribution in [1.29, 1.82) is 0 Å². The van der Waals surface area contributed by atoms with Crippen molar-refractivity contribution in [2.45, 2.75) is 110 Å². The van der Waals surface area contributed by atoms with Gasteiger partial charge in [-0.3, -0.25) is 14.4 Å². The second-order valence-corrected chi connectivity index (χ2v) is 19.2. The molecule has 2 saturated heterocycles. The highest BCUT2D eigenvalue weighted by Gasteiger charge is 2.44. The molecular weight excluding hydrogens is 819 g/mol. The molecule has 8 rings (SSSR count). The molecule has 334 valence electrons. The van der Waals surface area contributed by atoms with Gasteiger partial charge in [-0.25, -0.2) is 14.6 Å². The molecule has 6 atom stereocenters. The van der Waals surface area contributed by atoms with E-state index >= 15 is 0 Å². The number of nitrogens with one attached hydrogen (secondary N) is 4. The fourth-order valence-corrected chi connectivity index (χ4v) is 11.3. The van der Waals surface area contributed by atoms with Gasteiger partial charge in [-0.2, -0.15) is 0 Å². The van der Waals surface area contributed by atoms with Crippen LogP contribution in [0.3, 0.4) is 0 Å². The molecule has 1 saturated carbocycles. The summed E-state index contributed by atoms with van der Waals surface area (Å²) in [5.41, 5.74) is 8.62. The van der Waals surface area contributed by atoms with E-state index in [0.29, 0.717) is 37.8 Å². The van der Waals surface area contributed by atoms with Crippen molar-refractivity contribution in [3.05, 3.63) is 71.2 Å². The first-order valence-electron chi connectivity index (χ1n) is 22.3. The molecule has 63 heavy (non-hydrogen) atoms. The highest BCUT2D eigenvalue weighted by molar-refractivity contribution is 7.19. The largest absolute Gasteiger partial charge is 0.453 e. The van der Waals surface area contributed by atoms with Crippen LogP contribution in [0.5, 0.6) is 0 Å². The Balaban J connectivity index is 1.01. The van der Waals surface area contributed by atoms with Gasteiger partial charge in [0.05, 0.1) is 32.2 Å². The number of ether oxygens (including phenoxy) is 2. The molecule has 4 aliphatic rings. The van der Waals surface area contributed by atoms with Crippen LogP contribution >= 0.6 is 11.3 Å². The van der Waals surface area contributed by atoms with Gasteiger partial charge in [0.25, 0.3) is 0 Å². The van der Waals surface area contributed by atoms with Crippen molar-refractivity contribution in [3.63, 3.8) is 0 Å². The van der Waals surface area contributed by atoms with Crippen LogP contribution in [0.15, 0.2) is 48.7 Å². The molecule has 5 amide bonds. The number of nitrogens with zero attached hydrogens (tertiary/aromatic N) is 3. The van der Waals surface area contributed by atoms with E-state index in [4.69, 9.17) is 14.5 Å². The Hall–Kier alpha value is -5.70. The van der Waals surface area contributed by atoms with Gasteiger partial charge in [0, 0.05) is 28.5 Å². The molecular formula is C48H59N7O7S. The zero-order chi connectivity index (χ0) is 44.7. The topological polar surface area (TPSA) is 175 Å².